The number of hydrogen-bond donors (Lipinski definition) is 0. The molecule has 1 saturated heterocycles. The Balaban J connectivity index is 1.41. The van der Waals surface area contributed by atoms with E-state index in [1.807, 2.05) is 40.1 Å². The molecule has 0 N–H and O–H groups in total. The predicted octanol–water partition coefficient (Wildman–Crippen LogP) is 4.13. The number of hydrogen-bond acceptors (Lipinski definition) is 3. The topological polar surface area (TPSA) is 49.9 Å². The van der Waals surface area contributed by atoms with Gasteiger partial charge in [0.1, 0.15) is 6.10 Å². The molecule has 0 bridgehead atoms. The predicted molar refractivity (Wildman–Crippen MR) is 113 cm³/mol. The van der Waals surface area contributed by atoms with Crippen LogP contribution < -0.4 is 0 Å². The number of ether oxygens (including phenoxy) is 1. The summed E-state index contributed by atoms with van der Waals surface area (Å²) >= 11 is 3.52. The lowest BCUT2D eigenvalue weighted by atomic mass is 9.78. The number of amides is 2. The lowest BCUT2D eigenvalue weighted by Crippen LogP contribution is -2.52. The van der Waals surface area contributed by atoms with Gasteiger partial charge in [-0.05, 0) is 41.3 Å². The molecule has 1 fully saturated rings. The van der Waals surface area contributed by atoms with Crippen molar-refractivity contribution in [2.45, 2.75) is 44.4 Å². The second-order valence-corrected chi connectivity index (χ2v) is 9.77. The molecule has 0 saturated carbocycles. The highest BCUT2D eigenvalue weighted by Crippen LogP contribution is 2.37. The SMILES string of the molecule is CC1(C)CN(C[C@H]2OC(=O)N3Cc4ccccc4C[C@@H]23)C(=O)c2ccc(Br)cc21. The molecule has 3 heterocycles. The molecular weight excluding hydrogens is 432 g/mol. The molecule has 5 nitrogen and oxygen atoms in total. The van der Waals surface area contributed by atoms with Crippen molar-refractivity contribution in [3.05, 3.63) is 69.2 Å². The number of rotatable bonds is 2. The number of halogens is 1. The van der Waals surface area contributed by atoms with Crippen molar-refractivity contribution in [2.75, 3.05) is 13.1 Å². The van der Waals surface area contributed by atoms with Crippen LogP contribution in [0.5, 0.6) is 0 Å². The summed E-state index contributed by atoms with van der Waals surface area (Å²) in [5.74, 6) is 0.0116. The molecule has 6 heteroatoms. The van der Waals surface area contributed by atoms with Gasteiger partial charge < -0.3 is 9.64 Å². The Hall–Kier alpha value is -2.34. The summed E-state index contributed by atoms with van der Waals surface area (Å²) in [6, 6.07) is 14.0. The first-order chi connectivity index (χ1) is 13.8. The van der Waals surface area contributed by atoms with Gasteiger partial charge in [0.15, 0.2) is 0 Å². The van der Waals surface area contributed by atoms with Crippen LogP contribution in [0.2, 0.25) is 0 Å². The number of carbonyl (C=O) groups excluding carboxylic acids is 2. The molecule has 3 aliphatic heterocycles. The van der Waals surface area contributed by atoms with Gasteiger partial charge in [-0.25, -0.2) is 4.79 Å². The molecule has 3 aliphatic rings. The normalized spacial score (nSPS) is 24.7. The molecule has 2 atom stereocenters. The van der Waals surface area contributed by atoms with Gasteiger partial charge in [-0.3, -0.25) is 9.69 Å². The van der Waals surface area contributed by atoms with Crippen molar-refractivity contribution < 1.29 is 14.3 Å². The average Bonchev–Trinajstić information content (AvgIpc) is 2.99. The van der Waals surface area contributed by atoms with Gasteiger partial charge >= 0.3 is 6.09 Å². The fourth-order valence-corrected chi connectivity index (χ4v) is 5.31. The van der Waals surface area contributed by atoms with E-state index in [9.17, 15) is 9.59 Å². The summed E-state index contributed by atoms with van der Waals surface area (Å²) in [6.07, 6.45) is 0.178. The summed E-state index contributed by atoms with van der Waals surface area (Å²) in [5, 5.41) is 0. The molecule has 0 spiro atoms. The van der Waals surface area contributed by atoms with Crippen LogP contribution in [-0.4, -0.2) is 47.0 Å². The van der Waals surface area contributed by atoms with Crippen LogP contribution in [0.4, 0.5) is 4.79 Å². The first kappa shape index (κ1) is 18.7. The quantitative estimate of drug-likeness (QED) is 0.685. The van der Waals surface area contributed by atoms with Crippen LogP contribution in [0.3, 0.4) is 0 Å². The van der Waals surface area contributed by atoms with Gasteiger partial charge in [-0.1, -0.05) is 54.0 Å². The standard InChI is InChI=1S/C23H23BrN2O3/c1-23(2)13-25(21(27)17-8-7-16(24)10-18(17)23)12-20-19-9-14-5-3-4-6-15(14)11-26(19)22(28)29-20/h3-8,10,19-20H,9,11-13H2,1-2H3/t19-,20+/m0/s1. The Morgan fingerprint density at radius 3 is 2.69 bits per heavy atom. The van der Waals surface area contributed by atoms with Crippen LogP contribution in [0, 0.1) is 0 Å². The minimum atomic E-state index is -0.312. The zero-order valence-electron chi connectivity index (χ0n) is 16.5. The summed E-state index contributed by atoms with van der Waals surface area (Å²) in [6.45, 7) is 5.91. The molecule has 0 radical (unpaired) electrons. The molecule has 2 amide bonds. The molecule has 5 rings (SSSR count). The third-order valence-corrected chi connectivity index (χ3v) is 6.91. The second kappa shape index (κ2) is 6.59. The van der Waals surface area contributed by atoms with Gasteiger partial charge in [0.2, 0.25) is 0 Å². The van der Waals surface area contributed by atoms with Gasteiger partial charge in [-0.2, -0.15) is 0 Å². The van der Waals surface area contributed by atoms with E-state index in [1.54, 1.807) is 0 Å². The van der Waals surface area contributed by atoms with Crippen molar-refractivity contribution in [1.82, 2.24) is 9.80 Å². The first-order valence-corrected chi connectivity index (χ1v) is 10.8. The molecule has 0 aromatic heterocycles. The van der Waals surface area contributed by atoms with E-state index in [2.05, 4.69) is 41.9 Å². The van der Waals surface area contributed by atoms with Crippen LogP contribution >= 0.6 is 15.9 Å². The van der Waals surface area contributed by atoms with Crippen molar-refractivity contribution in [2.24, 2.45) is 0 Å². The Morgan fingerprint density at radius 2 is 1.90 bits per heavy atom. The van der Waals surface area contributed by atoms with Crippen molar-refractivity contribution in [1.29, 1.82) is 0 Å². The third kappa shape index (κ3) is 3.05. The zero-order valence-corrected chi connectivity index (χ0v) is 18.1. The summed E-state index contributed by atoms with van der Waals surface area (Å²) in [4.78, 5) is 29.4. The largest absolute Gasteiger partial charge is 0.442 e. The van der Waals surface area contributed by atoms with Crippen LogP contribution in [0.15, 0.2) is 46.9 Å². The van der Waals surface area contributed by atoms with E-state index in [0.717, 1.165) is 22.0 Å². The second-order valence-electron chi connectivity index (χ2n) is 8.85. The monoisotopic (exact) mass is 454 g/mol. The maximum atomic E-state index is 13.2. The maximum absolute atomic E-state index is 13.2. The Labute approximate surface area is 178 Å². The fourth-order valence-electron chi connectivity index (χ4n) is 4.95. The highest BCUT2D eigenvalue weighted by atomic mass is 79.9. The summed E-state index contributed by atoms with van der Waals surface area (Å²) < 4.78 is 6.73. The number of nitrogens with zero attached hydrogens (tertiary/aromatic N) is 2. The molecule has 150 valence electrons. The van der Waals surface area contributed by atoms with E-state index in [4.69, 9.17) is 4.74 Å². The minimum absolute atomic E-state index is 0.0116. The Bertz CT molecular complexity index is 1020. The van der Waals surface area contributed by atoms with E-state index in [1.165, 1.54) is 11.1 Å². The van der Waals surface area contributed by atoms with Gasteiger partial charge in [0.05, 0.1) is 12.6 Å². The van der Waals surface area contributed by atoms with Crippen LogP contribution in [0.1, 0.15) is 40.9 Å². The van der Waals surface area contributed by atoms with E-state index in [0.29, 0.717) is 19.6 Å². The van der Waals surface area contributed by atoms with E-state index < -0.39 is 0 Å². The lowest BCUT2D eigenvalue weighted by Gasteiger charge is -2.41. The van der Waals surface area contributed by atoms with Crippen molar-refractivity contribution in [3.63, 3.8) is 0 Å². The van der Waals surface area contributed by atoms with Crippen LogP contribution in [-0.2, 0) is 23.1 Å². The molecule has 2 aromatic carbocycles. The number of benzene rings is 2. The number of carbonyl (C=O) groups is 2. The van der Waals surface area contributed by atoms with E-state index >= 15 is 0 Å². The smallest absolute Gasteiger partial charge is 0.410 e. The molecule has 0 unspecified atom stereocenters. The van der Waals surface area contributed by atoms with Gasteiger partial charge in [0.25, 0.3) is 5.91 Å². The van der Waals surface area contributed by atoms with Crippen molar-refractivity contribution >= 4 is 27.9 Å². The van der Waals surface area contributed by atoms with Crippen molar-refractivity contribution in [3.8, 4) is 0 Å². The maximum Gasteiger partial charge on any atom is 0.410 e. The van der Waals surface area contributed by atoms with Crippen LogP contribution in [0.25, 0.3) is 0 Å². The number of cyclic esters (lactones) is 1. The Kier molecular flexibility index (Phi) is 4.24. The highest BCUT2D eigenvalue weighted by molar-refractivity contribution is 9.10. The average molecular weight is 455 g/mol. The Morgan fingerprint density at radius 1 is 1.14 bits per heavy atom. The first-order valence-electron chi connectivity index (χ1n) is 9.97. The number of fused-ring (bicyclic) bond motifs is 3. The minimum Gasteiger partial charge on any atom is -0.442 e. The molecule has 0 aliphatic carbocycles. The highest BCUT2D eigenvalue weighted by Gasteiger charge is 2.46. The molecule has 2 aromatic rings. The van der Waals surface area contributed by atoms with Gasteiger partial charge in [0, 0.05) is 28.5 Å². The summed E-state index contributed by atoms with van der Waals surface area (Å²) in [5.41, 5.74) is 4.06. The van der Waals surface area contributed by atoms with E-state index in [-0.39, 0.29) is 29.6 Å². The molecule has 29 heavy (non-hydrogen) atoms. The van der Waals surface area contributed by atoms with Gasteiger partial charge in [-0.15, -0.1) is 0 Å². The summed E-state index contributed by atoms with van der Waals surface area (Å²) in [7, 11) is 0. The molecular formula is C23H23BrN2O3. The third-order valence-electron chi connectivity index (χ3n) is 6.42. The fraction of sp³-hybridized carbons (Fsp3) is 0.391. The lowest BCUT2D eigenvalue weighted by molar-refractivity contribution is 0.0522. The zero-order chi connectivity index (χ0) is 20.3.